The van der Waals surface area contributed by atoms with E-state index in [-0.39, 0.29) is 0 Å². The van der Waals surface area contributed by atoms with Crippen LogP contribution >= 0.6 is 0 Å². The Kier molecular flexibility index (Phi) is 3.67. The second-order valence-electron chi connectivity index (χ2n) is 5.46. The minimum Gasteiger partial charge on any atom is -0.495 e. The van der Waals surface area contributed by atoms with Gasteiger partial charge in [-0.05, 0) is 56.7 Å². The molecule has 0 bridgehead atoms. The summed E-state index contributed by atoms with van der Waals surface area (Å²) in [6.07, 6.45) is 0. The highest BCUT2D eigenvalue weighted by Crippen LogP contribution is 2.31. The number of ether oxygens (including phenoxy) is 1. The normalized spacial score (nSPS) is 10.7. The topological polar surface area (TPSA) is 47.0 Å². The number of fused-ring (bicyclic) bond motifs is 1. The molecule has 0 amide bonds. The summed E-state index contributed by atoms with van der Waals surface area (Å²) in [5.41, 5.74) is 5.75. The van der Waals surface area contributed by atoms with Crippen LogP contribution in [0.4, 0.5) is 11.4 Å². The van der Waals surface area contributed by atoms with Gasteiger partial charge in [0.25, 0.3) is 0 Å². The first-order valence-corrected chi connectivity index (χ1v) is 7.23. The molecule has 0 aliphatic heterocycles. The SMILES string of the molecule is COc1ccc(C)cc1Nc1cc(C)nc2nc(C)ccc12. The molecule has 0 aliphatic rings. The smallest absolute Gasteiger partial charge is 0.161 e. The van der Waals surface area contributed by atoms with E-state index in [1.54, 1.807) is 7.11 Å². The van der Waals surface area contributed by atoms with Crippen LogP contribution in [-0.4, -0.2) is 17.1 Å². The van der Waals surface area contributed by atoms with Gasteiger partial charge in [0.15, 0.2) is 5.65 Å². The van der Waals surface area contributed by atoms with Crippen LogP contribution in [0.3, 0.4) is 0 Å². The summed E-state index contributed by atoms with van der Waals surface area (Å²) in [5, 5.41) is 4.46. The van der Waals surface area contributed by atoms with Gasteiger partial charge in [0.1, 0.15) is 5.75 Å². The Morgan fingerprint density at radius 2 is 1.64 bits per heavy atom. The Labute approximate surface area is 130 Å². The van der Waals surface area contributed by atoms with Gasteiger partial charge in [0.05, 0.1) is 18.5 Å². The molecule has 0 saturated carbocycles. The van der Waals surface area contributed by atoms with Crippen LogP contribution in [0, 0.1) is 20.8 Å². The third-order valence-electron chi connectivity index (χ3n) is 3.56. The van der Waals surface area contributed by atoms with E-state index >= 15 is 0 Å². The molecule has 0 saturated heterocycles. The minimum absolute atomic E-state index is 0.758. The van der Waals surface area contributed by atoms with Crippen LogP contribution < -0.4 is 10.1 Å². The van der Waals surface area contributed by atoms with Crippen LogP contribution in [0.2, 0.25) is 0 Å². The highest BCUT2D eigenvalue weighted by Gasteiger charge is 2.09. The summed E-state index contributed by atoms with van der Waals surface area (Å²) in [6.45, 7) is 6.01. The molecule has 0 unspecified atom stereocenters. The van der Waals surface area contributed by atoms with Gasteiger partial charge in [-0.1, -0.05) is 6.07 Å². The first-order valence-electron chi connectivity index (χ1n) is 7.23. The molecule has 3 rings (SSSR count). The Hall–Kier alpha value is -2.62. The fourth-order valence-corrected chi connectivity index (χ4v) is 2.49. The van der Waals surface area contributed by atoms with E-state index in [2.05, 4.69) is 34.3 Å². The molecule has 0 aliphatic carbocycles. The lowest BCUT2D eigenvalue weighted by Gasteiger charge is -2.14. The van der Waals surface area contributed by atoms with Gasteiger partial charge in [0.2, 0.25) is 0 Å². The molecule has 0 atom stereocenters. The molecule has 4 heteroatoms. The van der Waals surface area contributed by atoms with Crippen molar-refractivity contribution in [2.45, 2.75) is 20.8 Å². The second kappa shape index (κ2) is 5.64. The zero-order valence-electron chi connectivity index (χ0n) is 13.3. The van der Waals surface area contributed by atoms with E-state index in [4.69, 9.17) is 4.74 Å². The van der Waals surface area contributed by atoms with Gasteiger partial charge in [-0.15, -0.1) is 0 Å². The first kappa shape index (κ1) is 14.3. The lowest BCUT2D eigenvalue weighted by Crippen LogP contribution is -1.99. The number of nitrogens with one attached hydrogen (secondary N) is 1. The van der Waals surface area contributed by atoms with E-state index in [1.165, 1.54) is 5.56 Å². The van der Waals surface area contributed by atoms with Gasteiger partial charge in [-0.25, -0.2) is 9.97 Å². The molecule has 2 aromatic heterocycles. The van der Waals surface area contributed by atoms with Gasteiger partial charge in [-0.3, -0.25) is 0 Å². The predicted molar refractivity (Wildman–Crippen MR) is 90.0 cm³/mol. The van der Waals surface area contributed by atoms with Crippen molar-refractivity contribution in [3.8, 4) is 5.75 Å². The quantitative estimate of drug-likeness (QED) is 0.781. The zero-order valence-corrected chi connectivity index (χ0v) is 13.3. The predicted octanol–water partition coefficient (Wildman–Crippen LogP) is 4.31. The van der Waals surface area contributed by atoms with Crippen LogP contribution in [-0.2, 0) is 0 Å². The van der Waals surface area contributed by atoms with Crippen molar-refractivity contribution in [3.63, 3.8) is 0 Å². The number of benzene rings is 1. The van der Waals surface area contributed by atoms with Gasteiger partial charge < -0.3 is 10.1 Å². The maximum Gasteiger partial charge on any atom is 0.161 e. The summed E-state index contributed by atoms with van der Waals surface area (Å²) >= 11 is 0. The number of rotatable bonds is 3. The summed E-state index contributed by atoms with van der Waals surface area (Å²) < 4.78 is 5.44. The molecular weight excluding hydrogens is 274 g/mol. The second-order valence-corrected chi connectivity index (χ2v) is 5.46. The molecule has 3 aromatic rings. The van der Waals surface area contributed by atoms with Crippen molar-refractivity contribution in [2.75, 3.05) is 12.4 Å². The van der Waals surface area contributed by atoms with E-state index in [9.17, 15) is 0 Å². The van der Waals surface area contributed by atoms with Crippen molar-refractivity contribution in [3.05, 3.63) is 53.3 Å². The van der Waals surface area contributed by atoms with E-state index in [0.717, 1.165) is 39.5 Å². The van der Waals surface area contributed by atoms with Gasteiger partial charge in [-0.2, -0.15) is 0 Å². The lowest BCUT2D eigenvalue weighted by atomic mass is 10.1. The van der Waals surface area contributed by atoms with Crippen molar-refractivity contribution < 1.29 is 4.74 Å². The standard InChI is InChI=1S/C18H19N3O/c1-11-5-8-17(22-4)16(9-11)21-15-10-13(3)20-18-14(15)7-6-12(2)19-18/h5-10H,1-4H3,(H,19,20,21). The molecule has 2 heterocycles. The number of hydrogen-bond donors (Lipinski definition) is 1. The molecule has 0 spiro atoms. The highest BCUT2D eigenvalue weighted by atomic mass is 16.5. The maximum atomic E-state index is 5.44. The van der Waals surface area contributed by atoms with Gasteiger partial charge in [0, 0.05) is 16.8 Å². The molecule has 0 fully saturated rings. The number of hydrogen-bond acceptors (Lipinski definition) is 4. The molecule has 0 radical (unpaired) electrons. The fraction of sp³-hybridized carbons (Fsp3) is 0.222. The molecule has 1 N–H and O–H groups in total. The Balaban J connectivity index is 2.13. The van der Waals surface area contributed by atoms with Crippen molar-refractivity contribution in [1.29, 1.82) is 0 Å². The highest BCUT2D eigenvalue weighted by molar-refractivity contribution is 5.91. The third kappa shape index (κ3) is 2.72. The van der Waals surface area contributed by atoms with Crippen LogP contribution in [0.25, 0.3) is 11.0 Å². The summed E-state index contributed by atoms with van der Waals surface area (Å²) in [4.78, 5) is 9.03. The largest absolute Gasteiger partial charge is 0.495 e. The number of methoxy groups -OCH3 is 1. The number of aryl methyl sites for hydroxylation is 3. The zero-order chi connectivity index (χ0) is 15.7. The summed E-state index contributed by atoms with van der Waals surface area (Å²) in [7, 11) is 1.68. The van der Waals surface area contributed by atoms with Crippen molar-refractivity contribution in [1.82, 2.24) is 9.97 Å². The molecule has 22 heavy (non-hydrogen) atoms. The average molecular weight is 293 g/mol. The van der Waals surface area contributed by atoms with E-state index in [1.807, 2.05) is 38.1 Å². The summed E-state index contributed by atoms with van der Waals surface area (Å²) in [6, 6.07) is 12.1. The number of anilines is 2. The third-order valence-corrected chi connectivity index (χ3v) is 3.56. The molecule has 1 aromatic carbocycles. The number of nitrogens with zero attached hydrogens (tertiary/aromatic N) is 2. The first-order chi connectivity index (χ1) is 10.6. The summed E-state index contributed by atoms with van der Waals surface area (Å²) in [5.74, 6) is 0.813. The van der Waals surface area contributed by atoms with Crippen LogP contribution in [0.5, 0.6) is 5.75 Å². The number of pyridine rings is 2. The maximum absolute atomic E-state index is 5.44. The average Bonchev–Trinajstić information content (AvgIpc) is 2.46. The van der Waals surface area contributed by atoms with Crippen molar-refractivity contribution >= 4 is 22.4 Å². The van der Waals surface area contributed by atoms with E-state index < -0.39 is 0 Å². The lowest BCUT2D eigenvalue weighted by molar-refractivity contribution is 0.416. The minimum atomic E-state index is 0.758. The Bertz CT molecular complexity index is 838. The van der Waals surface area contributed by atoms with Crippen LogP contribution in [0.1, 0.15) is 17.0 Å². The molecule has 4 nitrogen and oxygen atoms in total. The molecule has 112 valence electrons. The number of aromatic nitrogens is 2. The Morgan fingerprint density at radius 3 is 2.41 bits per heavy atom. The van der Waals surface area contributed by atoms with Crippen LogP contribution in [0.15, 0.2) is 36.4 Å². The Morgan fingerprint density at radius 1 is 0.864 bits per heavy atom. The van der Waals surface area contributed by atoms with E-state index in [0.29, 0.717) is 0 Å². The molecular formula is C18H19N3O. The van der Waals surface area contributed by atoms with Gasteiger partial charge >= 0.3 is 0 Å². The van der Waals surface area contributed by atoms with Crippen molar-refractivity contribution in [2.24, 2.45) is 0 Å². The fourth-order valence-electron chi connectivity index (χ4n) is 2.49. The monoisotopic (exact) mass is 293 g/mol.